The number of carbonyl (C=O) groups is 1. The monoisotopic (exact) mass is 226 g/mol. The summed E-state index contributed by atoms with van der Waals surface area (Å²) < 4.78 is 5.14. The largest absolute Gasteiger partial charge is 0.466 e. The number of esters is 1. The number of unbranched alkanes of at least 4 members (excludes halogenated alkanes) is 6. The van der Waals surface area contributed by atoms with Gasteiger partial charge in [0.25, 0.3) is 0 Å². The molecule has 0 saturated carbocycles. The fraction of sp³-hybridized carbons (Fsp3) is 0.786. The molecule has 0 heterocycles. The molecule has 0 atom stereocenters. The molecule has 0 amide bonds. The van der Waals surface area contributed by atoms with E-state index in [1.807, 2.05) is 6.08 Å². The van der Waals surface area contributed by atoms with E-state index in [0.717, 1.165) is 25.7 Å². The standard InChI is InChI=1S/C14H26O2/c1-3-5-7-9-11-13-16-14(15)12-10-8-6-4-2/h4H,2-3,5-13H2,1H3. The van der Waals surface area contributed by atoms with Crippen LogP contribution in [-0.4, -0.2) is 12.6 Å². The first-order chi connectivity index (χ1) is 7.81. The van der Waals surface area contributed by atoms with E-state index < -0.39 is 0 Å². The molecule has 0 aromatic rings. The molecule has 0 aromatic heterocycles. The molecule has 0 aromatic carbocycles. The second-order valence-electron chi connectivity index (χ2n) is 4.17. The normalized spacial score (nSPS) is 10.1. The van der Waals surface area contributed by atoms with Crippen molar-refractivity contribution in [1.29, 1.82) is 0 Å². The van der Waals surface area contributed by atoms with Crippen LogP contribution in [0.25, 0.3) is 0 Å². The van der Waals surface area contributed by atoms with Crippen molar-refractivity contribution in [3.8, 4) is 0 Å². The lowest BCUT2D eigenvalue weighted by molar-refractivity contribution is -0.143. The van der Waals surface area contributed by atoms with Gasteiger partial charge in [0.15, 0.2) is 0 Å². The van der Waals surface area contributed by atoms with E-state index in [9.17, 15) is 4.79 Å². The first-order valence-corrected chi connectivity index (χ1v) is 6.57. The molecule has 2 nitrogen and oxygen atoms in total. The molecule has 0 unspecified atom stereocenters. The molecule has 0 N–H and O–H groups in total. The lowest BCUT2D eigenvalue weighted by atomic mass is 10.2. The Morgan fingerprint density at radius 1 is 1.12 bits per heavy atom. The second kappa shape index (κ2) is 12.3. The Morgan fingerprint density at radius 2 is 1.88 bits per heavy atom. The van der Waals surface area contributed by atoms with Gasteiger partial charge in [-0.05, 0) is 25.7 Å². The Labute approximate surface area is 100 Å². The maximum absolute atomic E-state index is 11.2. The minimum atomic E-state index is -0.0421. The first-order valence-electron chi connectivity index (χ1n) is 6.57. The van der Waals surface area contributed by atoms with Crippen molar-refractivity contribution >= 4 is 5.97 Å². The molecule has 0 bridgehead atoms. The summed E-state index contributed by atoms with van der Waals surface area (Å²) in [6, 6.07) is 0. The van der Waals surface area contributed by atoms with E-state index in [0.29, 0.717) is 13.0 Å². The molecule has 16 heavy (non-hydrogen) atoms. The average Bonchev–Trinajstić information content (AvgIpc) is 2.29. The molecule has 0 rings (SSSR count). The van der Waals surface area contributed by atoms with Crippen molar-refractivity contribution in [2.24, 2.45) is 0 Å². The summed E-state index contributed by atoms with van der Waals surface area (Å²) in [5.74, 6) is -0.0421. The Balaban J connectivity index is 3.14. The third-order valence-corrected chi connectivity index (χ3v) is 2.55. The van der Waals surface area contributed by atoms with Crippen LogP contribution in [-0.2, 0) is 9.53 Å². The van der Waals surface area contributed by atoms with Crippen LogP contribution in [0.3, 0.4) is 0 Å². The zero-order chi connectivity index (χ0) is 12.1. The van der Waals surface area contributed by atoms with Crippen molar-refractivity contribution in [3.05, 3.63) is 12.7 Å². The highest BCUT2D eigenvalue weighted by molar-refractivity contribution is 5.69. The second-order valence-corrected chi connectivity index (χ2v) is 4.17. The first kappa shape index (κ1) is 15.2. The minimum Gasteiger partial charge on any atom is -0.466 e. The predicted octanol–water partition coefficient (Wildman–Crippen LogP) is 4.25. The van der Waals surface area contributed by atoms with Crippen LogP contribution >= 0.6 is 0 Å². The van der Waals surface area contributed by atoms with Gasteiger partial charge in [-0.15, -0.1) is 6.58 Å². The number of ether oxygens (including phenoxy) is 1. The van der Waals surface area contributed by atoms with Crippen LogP contribution < -0.4 is 0 Å². The van der Waals surface area contributed by atoms with E-state index in [1.54, 1.807) is 0 Å². The highest BCUT2D eigenvalue weighted by Crippen LogP contribution is 2.04. The van der Waals surface area contributed by atoms with E-state index in [-0.39, 0.29) is 5.97 Å². The molecule has 94 valence electrons. The topological polar surface area (TPSA) is 26.3 Å². The predicted molar refractivity (Wildman–Crippen MR) is 68.4 cm³/mol. The molecule has 0 aliphatic heterocycles. The van der Waals surface area contributed by atoms with E-state index >= 15 is 0 Å². The van der Waals surface area contributed by atoms with Gasteiger partial charge < -0.3 is 4.74 Å². The molecule has 0 spiro atoms. The minimum absolute atomic E-state index is 0.0421. The number of carbonyl (C=O) groups excluding carboxylic acids is 1. The van der Waals surface area contributed by atoms with E-state index in [2.05, 4.69) is 13.5 Å². The van der Waals surface area contributed by atoms with Crippen molar-refractivity contribution in [1.82, 2.24) is 0 Å². The molecule has 0 fully saturated rings. The van der Waals surface area contributed by atoms with Gasteiger partial charge in [-0.2, -0.15) is 0 Å². The van der Waals surface area contributed by atoms with Gasteiger partial charge in [-0.1, -0.05) is 38.7 Å². The number of rotatable bonds is 11. The zero-order valence-corrected chi connectivity index (χ0v) is 10.7. The fourth-order valence-corrected chi connectivity index (χ4v) is 1.52. The number of hydrogen-bond acceptors (Lipinski definition) is 2. The molecular weight excluding hydrogens is 200 g/mol. The Kier molecular flexibility index (Phi) is 11.7. The Morgan fingerprint density at radius 3 is 2.56 bits per heavy atom. The lowest BCUT2D eigenvalue weighted by Gasteiger charge is -2.04. The van der Waals surface area contributed by atoms with Gasteiger partial charge in [0.1, 0.15) is 0 Å². The SMILES string of the molecule is C=CCCCCC(=O)OCCCCCCC. The maximum atomic E-state index is 11.2. The van der Waals surface area contributed by atoms with Gasteiger partial charge in [0.2, 0.25) is 0 Å². The van der Waals surface area contributed by atoms with E-state index in [1.165, 1.54) is 25.7 Å². The lowest BCUT2D eigenvalue weighted by Crippen LogP contribution is -2.05. The molecule has 0 radical (unpaired) electrons. The third kappa shape index (κ3) is 11.3. The maximum Gasteiger partial charge on any atom is 0.305 e. The molecule has 0 aliphatic rings. The van der Waals surface area contributed by atoms with Gasteiger partial charge in [0.05, 0.1) is 6.61 Å². The molecule has 0 aliphatic carbocycles. The summed E-state index contributed by atoms with van der Waals surface area (Å²) in [6.45, 7) is 6.45. The van der Waals surface area contributed by atoms with Crippen molar-refractivity contribution < 1.29 is 9.53 Å². The van der Waals surface area contributed by atoms with Crippen molar-refractivity contribution in [2.45, 2.75) is 64.7 Å². The quantitative estimate of drug-likeness (QED) is 0.299. The summed E-state index contributed by atoms with van der Waals surface area (Å²) >= 11 is 0. The van der Waals surface area contributed by atoms with Crippen LogP contribution in [0.4, 0.5) is 0 Å². The van der Waals surface area contributed by atoms with Gasteiger partial charge in [-0.3, -0.25) is 4.79 Å². The van der Waals surface area contributed by atoms with Crippen molar-refractivity contribution in [3.63, 3.8) is 0 Å². The van der Waals surface area contributed by atoms with Crippen LogP contribution in [0.5, 0.6) is 0 Å². The Hall–Kier alpha value is -0.790. The van der Waals surface area contributed by atoms with Gasteiger partial charge in [-0.25, -0.2) is 0 Å². The number of allylic oxidation sites excluding steroid dienone is 1. The highest BCUT2D eigenvalue weighted by Gasteiger charge is 2.01. The van der Waals surface area contributed by atoms with Crippen LogP contribution in [0.1, 0.15) is 64.7 Å². The summed E-state index contributed by atoms with van der Waals surface area (Å²) in [4.78, 5) is 11.2. The summed E-state index contributed by atoms with van der Waals surface area (Å²) in [5.41, 5.74) is 0. The third-order valence-electron chi connectivity index (χ3n) is 2.55. The summed E-state index contributed by atoms with van der Waals surface area (Å²) in [7, 11) is 0. The van der Waals surface area contributed by atoms with Crippen LogP contribution in [0.15, 0.2) is 12.7 Å². The zero-order valence-electron chi connectivity index (χ0n) is 10.7. The van der Waals surface area contributed by atoms with Gasteiger partial charge >= 0.3 is 5.97 Å². The number of hydrogen-bond donors (Lipinski definition) is 0. The smallest absolute Gasteiger partial charge is 0.305 e. The van der Waals surface area contributed by atoms with Gasteiger partial charge in [0, 0.05) is 6.42 Å². The molecule has 2 heteroatoms. The van der Waals surface area contributed by atoms with Crippen LogP contribution in [0.2, 0.25) is 0 Å². The molecular formula is C14H26O2. The summed E-state index contributed by atoms with van der Waals surface area (Å²) in [5, 5.41) is 0. The average molecular weight is 226 g/mol. The van der Waals surface area contributed by atoms with E-state index in [4.69, 9.17) is 4.74 Å². The highest BCUT2D eigenvalue weighted by atomic mass is 16.5. The summed E-state index contributed by atoms with van der Waals surface area (Å²) in [6.07, 6.45) is 11.4. The molecule has 0 saturated heterocycles. The Bertz CT molecular complexity index is 176. The van der Waals surface area contributed by atoms with Crippen LogP contribution in [0, 0.1) is 0 Å². The fourth-order valence-electron chi connectivity index (χ4n) is 1.52. The van der Waals surface area contributed by atoms with Crippen molar-refractivity contribution in [2.75, 3.05) is 6.61 Å².